The van der Waals surface area contributed by atoms with Crippen LogP contribution in [-0.2, 0) is 10.0 Å². The van der Waals surface area contributed by atoms with E-state index < -0.39 is 15.8 Å². The van der Waals surface area contributed by atoms with Crippen LogP contribution in [0.5, 0.6) is 0 Å². The molecule has 0 aliphatic heterocycles. The first-order chi connectivity index (χ1) is 9.03. The average Bonchev–Trinajstić information content (AvgIpc) is 3.18. The van der Waals surface area contributed by atoms with Gasteiger partial charge < -0.3 is 5.73 Å². The van der Waals surface area contributed by atoms with Crippen LogP contribution >= 0.6 is 0 Å². The lowest BCUT2D eigenvalue weighted by Crippen LogP contribution is -2.26. The van der Waals surface area contributed by atoms with Crippen LogP contribution in [0.1, 0.15) is 18.4 Å². The van der Waals surface area contributed by atoms with Gasteiger partial charge in [-0.2, -0.15) is 0 Å². The molecule has 1 fully saturated rings. The van der Waals surface area contributed by atoms with Crippen molar-refractivity contribution in [3.05, 3.63) is 29.6 Å². The van der Waals surface area contributed by atoms with Crippen molar-refractivity contribution in [2.45, 2.75) is 17.7 Å². The van der Waals surface area contributed by atoms with Gasteiger partial charge in [-0.15, -0.1) is 0 Å². The summed E-state index contributed by atoms with van der Waals surface area (Å²) in [6, 6.07) is 3.80. The highest BCUT2D eigenvalue weighted by Gasteiger charge is 2.25. The van der Waals surface area contributed by atoms with Crippen LogP contribution in [0.25, 0.3) is 0 Å². The number of sulfonamides is 1. The van der Waals surface area contributed by atoms with Crippen molar-refractivity contribution in [3.63, 3.8) is 0 Å². The predicted molar refractivity (Wildman–Crippen MR) is 70.2 cm³/mol. The lowest BCUT2D eigenvalue weighted by molar-refractivity contribution is 0.554. The topological polar surface area (TPSA) is 72.2 Å². The number of halogens is 1. The molecule has 6 heteroatoms. The summed E-state index contributed by atoms with van der Waals surface area (Å²) in [7, 11) is -3.78. The lowest BCUT2D eigenvalue weighted by Gasteiger charge is -2.07. The second kappa shape index (κ2) is 5.70. The molecule has 0 atom stereocenters. The molecular weight excluding hydrogens is 267 g/mol. The Kier molecular flexibility index (Phi) is 4.20. The first kappa shape index (κ1) is 14.0. The number of nitrogens with two attached hydrogens (primary N) is 1. The van der Waals surface area contributed by atoms with Gasteiger partial charge in [0.25, 0.3) is 0 Å². The molecule has 1 aliphatic rings. The molecule has 1 aliphatic carbocycles. The Labute approximate surface area is 112 Å². The summed E-state index contributed by atoms with van der Waals surface area (Å²) in [5, 5.41) is 0. The molecular formula is C13H15FN2O2S. The molecule has 4 nitrogen and oxygen atoms in total. The smallest absolute Gasteiger partial charge is 0.243 e. The van der Waals surface area contributed by atoms with E-state index in [2.05, 4.69) is 16.6 Å². The first-order valence-corrected chi connectivity index (χ1v) is 7.49. The summed E-state index contributed by atoms with van der Waals surface area (Å²) in [6.07, 6.45) is 2.05. The number of hydrogen-bond donors (Lipinski definition) is 2. The fourth-order valence-electron chi connectivity index (χ4n) is 1.58. The number of benzene rings is 1. The molecule has 19 heavy (non-hydrogen) atoms. The van der Waals surface area contributed by atoms with E-state index in [1.54, 1.807) is 0 Å². The molecule has 1 saturated carbocycles. The van der Waals surface area contributed by atoms with E-state index in [0.717, 1.165) is 18.9 Å². The third kappa shape index (κ3) is 3.77. The maximum atomic E-state index is 13.8. The molecule has 2 rings (SSSR count). The molecule has 0 radical (unpaired) electrons. The largest absolute Gasteiger partial charge is 0.320 e. The summed E-state index contributed by atoms with van der Waals surface area (Å²) in [4.78, 5) is -0.341. The molecule has 0 spiro atoms. The third-order valence-electron chi connectivity index (χ3n) is 2.82. The van der Waals surface area contributed by atoms with Crippen LogP contribution < -0.4 is 10.5 Å². The number of hydrogen-bond acceptors (Lipinski definition) is 3. The van der Waals surface area contributed by atoms with Crippen molar-refractivity contribution in [2.75, 3.05) is 13.1 Å². The van der Waals surface area contributed by atoms with Crippen LogP contribution in [0.2, 0.25) is 0 Å². The van der Waals surface area contributed by atoms with Gasteiger partial charge >= 0.3 is 0 Å². The standard InChI is InChI=1S/C13H15FN2O2S/c14-12-8-10(2-1-7-15)5-6-13(12)19(17,18)16-9-11-3-4-11/h5-6,8,11,16H,3-4,7,9,15H2. The van der Waals surface area contributed by atoms with E-state index in [4.69, 9.17) is 5.73 Å². The Balaban J connectivity index is 2.19. The molecule has 0 bridgehead atoms. The monoisotopic (exact) mass is 282 g/mol. The highest BCUT2D eigenvalue weighted by atomic mass is 32.2. The summed E-state index contributed by atoms with van der Waals surface area (Å²) in [6.45, 7) is 0.543. The van der Waals surface area contributed by atoms with Gasteiger partial charge in [0.15, 0.2) is 0 Å². The van der Waals surface area contributed by atoms with Crippen molar-refractivity contribution < 1.29 is 12.8 Å². The van der Waals surface area contributed by atoms with Crippen LogP contribution in [0, 0.1) is 23.6 Å². The van der Waals surface area contributed by atoms with E-state index in [9.17, 15) is 12.8 Å². The third-order valence-corrected chi connectivity index (χ3v) is 4.27. The zero-order valence-electron chi connectivity index (χ0n) is 10.3. The van der Waals surface area contributed by atoms with E-state index in [-0.39, 0.29) is 11.4 Å². The second-order valence-corrected chi connectivity index (χ2v) is 6.18. The van der Waals surface area contributed by atoms with Crippen molar-refractivity contribution in [1.82, 2.24) is 4.72 Å². The Morgan fingerprint density at radius 3 is 2.74 bits per heavy atom. The van der Waals surface area contributed by atoms with Gasteiger partial charge in [-0.1, -0.05) is 11.8 Å². The number of nitrogens with one attached hydrogen (secondary N) is 1. The molecule has 102 valence electrons. The molecule has 0 saturated heterocycles. The van der Waals surface area contributed by atoms with Crippen LogP contribution in [0.3, 0.4) is 0 Å². The van der Waals surface area contributed by atoms with E-state index in [1.165, 1.54) is 12.1 Å². The quantitative estimate of drug-likeness (QED) is 0.803. The van der Waals surface area contributed by atoms with Gasteiger partial charge in [0.1, 0.15) is 10.7 Å². The van der Waals surface area contributed by atoms with Gasteiger partial charge in [0, 0.05) is 12.1 Å². The molecule has 1 aromatic carbocycles. The maximum Gasteiger partial charge on any atom is 0.243 e. The van der Waals surface area contributed by atoms with Crippen molar-refractivity contribution in [1.29, 1.82) is 0 Å². The predicted octanol–water partition coefficient (Wildman–Crippen LogP) is 0.824. The van der Waals surface area contributed by atoms with Crippen molar-refractivity contribution in [2.24, 2.45) is 11.7 Å². The van der Waals surface area contributed by atoms with E-state index >= 15 is 0 Å². The zero-order valence-corrected chi connectivity index (χ0v) is 11.1. The summed E-state index contributed by atoms with van der Waals surface area (Å²) >= 11 is 0. The van der Waals surface area contributed by atoms with Crippen molar-refractivity contribution >= 4 is 10.0 Å². The average molecular weight is 282 g/mol. The molecule has 0 amide bonds. The fraction of sp³-hybridized carbons (Fsp3) is 0.385. The molecule has 0 heterocycles. The van der Waals surface area contributed by atoms with Crippen LogP contribution in [0.15, 0.2) is 23.1 Å². The van der Waals surface area contributed by atoms with E-state index in [1.807, 2.05) is 0 Å². The fourth-order valence-corrected chi connectivity index (χ4v) is 2.75. The highest BCUT2D eigenvalue weighted by molar-refractivity contribution is 7.89. The van der Waals surface area contributed by atoms with Gasteiger partial charge in [-0.25, -0.2) is 17.5 Å². The maximum absolute atomic E-state index is 13.8. The van der Waals surface area contributed by atoms with Gasteiger partial charge in [-0.05, 0) is 37.0 Å². The Morgan fingerprint density at radius 2 is 2.16 bits per heavy atom. The van der Waals surface area contributed by atoms with E-state index in [0.29, 0.717) is 18.0 Å². The van der Waals surface area contributed by atoms with Gasteiger partial charge in [-0.3, -0.25) is 0 Å². The normalized spacial score (nSPS) is 14.8. The first-order valence-electron chi connectivity index (χ1n) is 6.01. The van der Waals surface area contributed by atoms with Gasteiger partial charge in [0.2, 0.25) is 10.0 Å². The molecule has 3 N–H and O–H groups in total. The Hall–Kier alpha value is -1.42. The Bertz CT molecular complexity index is 628. The lowest BCUT2D eigenvalue weighted by atomic mass is 10.2. The molecule has 1 aromatic rings. The van der Waals surface area contributed by atoms with Crippen LogP contribution in [-0.4, -0.2) is 21.5 Å². The zero-order chi connectivity index (χ0) is 13.9. The highest BCUT2D eigenvalue weighted by Crippen LogP contribution is 2.28. The minimum absolute atomic E-state index is 0.171. The minimum Gasteiger partial charge on any atom is -0.320 e. The summed E-state index contributed by atoms with van der Waals surface area (Å²) in [5.41, 5.74) is 5.62. The Morgan fingerprint density at radius 1 is 1.42 bits per heavy atom. The summed E-state index contributed by atoms with van der Waals surface area (Å²) < 4.78 is 40.0. The second-order valence-electron chi connectivity index (χ2n) is 4.45. The SMILES string of the molecule is NCC#Cc1ccc(S(=O)(=O)NCC2CC2)c(F)c1. The van der Waals surface area contributed by atoms with Crippen LogP contribution in [0.4, 0.5) is 4.39 Å². The minimum atomic E-state index is -3.78. The summed E-state index contributed by atoms with van der Waals surface area (Å²) in [5.74, 6) is 4.84. The molecule has 0 unspecified atom stereocenters. The van der Waals surface area contributed by atoms with Crippen molar-refractivity contribution in [3.8, 4) is 11.8 Å². The number of rotatable bonds is 4. The molecule has 0 aromatic heterocycles. The van der Waals surface area contributed by atoms with Gasteiger partial charge in [0.05, 0.1) is 6.54 Å².